The Labute approximate surface area is 227 Å². The van der Waals surface area contributed by atoms with Crippen molar-refractivity contribution in [3.63, 3.8) is 0 Å². The van der Waals surface area contributed by atoms with Crippen LogP contribution in [-0.4, -0.2) is 57.1 Å². The Balaban J connectivity index is 1.75. The zero-order valence-electron chi connectivity index (χ0n) is 23.0. The number of hydrogen-bond donors (Lipinski definition) is 1. The number of aryl methyl sites for hydroxylation is 1. The number of amides is 2. The Morgan fingerprint density at radius 1 is 1.11 bits per heavy atom. The Hall–Kier alpha value is -3.07. The van der Waals surface area contributed by atoms with E-state index in [0.717, 1.165) is 43.1 Å². The maximum absolute atomic E-state index is 13.6. The normalized spacial score (nSPS) is 14.6. The molecule has 1 aliphatic carbocycles. The zero-order valence-corrected chi connectivity index (χ0v) is 23.8. The fourth-order valence-corrected chi connectivity index (χ4v) is 6.01. The molecule has 0 saturated heterocycles. The molecule has 1 N–H and O–H groups in total. The Kier molecular flexibility index (Phi) is 10.6. The molecule has 1 fully saturated rings. The zero-order chi connectivity index (χ0) is 27.7. The van der Waals surface area contributed by atoms with Crippen LogP contribution in [0, 0.1) is 6.92 Å². The summed E-state index contributed by atoms with van der Waals surface area (Å²) in [4.78, 5) is 28.5. The lowest BCUT2D eigenvalue weighted by molar-refractivity contribution is -0.141. The molecule has 2 aromatic rings. The lowest BCUT2D eigenvalue weighted by Gasteiger charge is -2.32. The van der Waals surface area contributed by atoms with Crippen LogP contribution >= 0.6 is 0 Å². The molecule has 3 rings (SSSR count). The van der Waals surface area contributed by atoms with Gasteiger partial charge in [0, 0.05) is 25.6 Å². The van der Waals surface area contributed by atoms with Gasteiger partial charge in [-0.15, -0.1) is 0 Å². The first-order valence-corrected chi connectivity index (χ1v) is 15.2. The molecule has 0 heterocycles. The summed E-state index contributed by atoms with van der Waals surface area (Å²) >= 11 is 0. The standard InChI is InChI=1S/C29H41N3O5S/c1-5-27(29(34)30-24-12-6-7-13-24)31(21-23-11-8-10-22(2)20-23)28(33)14-9-19-32(38(4,35)36)25-15-17-26(37-3)18-16-25/h8,10-11,15-18,20,24,27H,5-7,9,12-14,19,21H2,1-4H3,(H,30,34)/t27-/m1/s1. The summed E-state index contributed by atoms with van der Waals surface area (Å²) in [6, 6.07) is 14.3. The topological polar surface area (TPSA) is 96.0 Å². The van der Waals surface area contributed by atoms with Crippen LogP contribution in [0.5, 0.6) is 5.75 Å². The van der Waals surface area contributed by atoms with E-state index in [1.165, 1.54) is 4.31 Å². The van der Waals surface area contributed by atoms with Gasteiger partial charge >= 0.3 is 0 Å². The fourth-order valence-electron chi connectivity index (χ4n) is 5.05. The first-order chi connectivity index (χ1) is 18.1. The van der Waals surface area contributed by atoms with Gasteiger partial charge in [-0.2, -0.15) is 0 Å². The summed E-state index contributed by atoms with van der Waals surface area (Å²) in [6.07, 6.45) is 6.27. The summed E-state index contributed by atoms with van der Waals surface area (Å²) in [5, 5.41) is 3.16. The first kappa shape index (κ1) is 29.5. The van der Waals surface area contributed by atoms with Gasteiger partial charge < -0.3 is 15.0 Å². The van der Waals surface area contributed by atoms with E-state index in [1.807, 2.05) is 38.1 Å². The average Bonchev–Trinajstić information content (AvgIpc) is 3.39. The number of benzene rings is 2. The van der Waals surface area contributed by atoms with E-state index >= 15 is 0 Å². The molecule has 0 unspecified atom stereocenters. The molecule has 0 aromatic heterocycles. The number of nitrogens with one attached hydrogen (secondary N) is 1. The van der Waals surface area contributed by atoms with Crippen LogP contribution in [-0.2, 0) is 26.2 Å². The van der Waals surface area contributed by atoms with Gasteiger partial charge in [0.1, 0.15) is 11.8 Å². The van der Waals surface area contributed by atoms with Crippen molar-refractivity contribution in [1.82, 2.24) is 10.2 Å². The van der Waals surface area contributed by atoms with E-state index in [4.69, 9.17) is 4.74 Å². The largest absolute Gasteiger partial charge is 0.497 e. The highest BCUT2D eigenvalue weighted by Crippen LogP contribution is 2.23. The number of carbonyl (C=O) groups is 2. The van der Waals surface area contributed by atoms with Gasteiger partial charge in [0.2, 0.25) is 21.8 Å². The second-order valence-electron chi connectivity index (χ2n) is 10.1. The van der Waals surface area contributed by atoms with E-state index in [-0.39, 0.29) is 30.8 Å². The molecule has 2 aromatic carbocycles. The second kappa shape index (κ2) is 13.6. The monoisotopic (exact) mass is 543 g/mol. The van der Waals surface area contributed by atoms with Crippen LogP contribution in [0.3, 0.4) is 0 Å². The van der Waals surface area contributed by atoms with Crippen molar-refractivity contribution in [2.75, 3.05) is 24.2 Å². The van der Waals surface area contributed by atoms with Crippen LogP contribution in [0.15, 0.2) is 48.5 Å². The number of anilines is 1. The first-order valence-electron chi connectivity index (χ1n) is 13.4. The van der Waals surface area contributed by atoms with Gasteiger partial charge in [0.15, 0.2) is 0 Å². The molecule has 0 bridgehead atoms. The minimum atomic E-state index is -3.55. The molecule has 0 radical (unpaired) electrons. The predicted molar refractivity (Wildman–Crippen MR) is 151 cm³/mol. The average molecular weight is 544 g/mol. The van der Waals surface area contributed by atoms with Crippen LogP contribution in [0.4, 0.5) is 5.69 Å². The van der Waals surface area contributed by atoms with Gasteiger partial charge in [-0.3, -0.25) is 13.9 Å². The Morgan fingerprint density at radius 2 is 1.79 bits per heavy atom. The van der Waals surface area contributed by atoms with Crippen molar-refractivity contribution in [3.8, 4) is 5.75 Å². The molecule has 1 aliphatic rings. The number of methoxy groups -OCH3 is 1. The van der Waals surface area contributed by atoms with Gasteiger partial charge in [-0.05, 0) is 62.4 Å². The number of rotatable bonds is 13. The molecule has 208 valence electrons. The minimum Gasteiger partial charge on any atom is -0.497 e. The van der Waals surface area contributed by atoms with Crippen LogP contribution in [0.2, 0.25) is 0 Å². The van der Waals surface area contributed by atoms with Crippen molar-refractivity contribution >= 4 is 27.5 Å². The van der Waals surface area contributed by atoms with Gasteiger partial charge in [0.25, 0.3) is 0 Å². The molecule has 38 heavy (non-hydrogen) atoms. The number of ether oxygens (including phenoxy) is 1. The third-order valence-corrected chi connectivity index (χ3v) is 8.23. The van der Waals surface area contributed by atoms with Gasteiger partial charge in [-0.1, -0.05) is 49.6 Å². The summed E-state index contributed by atoms with van der Waals surface area (Å²) in [6.45, 7) is 4.40. The maximum Gasteiger partial charge on any atom is 0.243 e. The van der Waals surface area contributed by atoms with E-state index in [1.54, 1.807) is 36.3 Å². The Bertz CT molecular complexity index is 1180. The lowest BCUT2D eigenvalue weighted by Crippen LogP contribution is -2.51. The van der Waals surface area contributed by atoms with Gasteiger partial charge in [0.05, 0.1) is 19.1 Å². The minimum absolute atomic E-state index is 0.114. The molecule has 9 heteroatoms. The Morgan fingerprint density at radius 3 is 2.37 bits per heavy atom. The molecule has 0 spiro atoms. The summed E-state index contributed by atoms with van der Waals surface area (Å²) in [5.41, 5.74) is 2.56. The highest BCUT2D eigenvalue weighted by Gasteiger charge is 2.30. The molecular formula is C29H41N3O5S. The SMILES string of the molecule is CC[C@H](C(=O)NC1CCCC1)N(Cc1cccc(C)c1)C(=O)CCCN(c1ccc(OC)cc1)S(C)(=O)=O. The van der Waals surface area contributed by atoms with Gasteiger partial charge in [-0.25, -0.2) is 8.42 Å². The van der Waals surface area contributed by atoms with E-state index in [0.29, 0.717) is 30.8 Å². The maximum atomic E-state index is 13.6. The van der Waals surface area contributed by atoms with Crippen molar-refractivity contribution in [3.05, 3.63) is 59.7 Å². The predicted octanol–water partition coefficient (Wildman–Crippen LogP) is 4.42. The number of carbonyl (C=O) groups excluding carboxylic acids is 2. The van der Waals surface area contributed by atoms with E-state index < -0.39 is 16.1 Å². The van der Waals surface area contributed by atoms with Crippen molar-refractivity contribution in [1.29, 1.82) is 0 Å². The summed E-state index contributed by atoms with van der Waals surface area (Å²) in [7, 11) is -2.00. The number of nitrogens with zero attached hydrogens (tertiary/aromatic N) is 2. The third kappa shape index (κ3) is 8.21. The highest BCUT2D eigenvalue weighted by molar-refractivity contribution is 7.92. The summed E-state index contributed by atoms with van der Waals surface area (Å²) < 4.78 is 31.5. The number of sulfonamides is 1. The highest BCUT2D eigenvalue weighted by atomic mass is 32.2. The molecule has 1 saturated carbocycles. The number of hydrogen-bond acceptors (Lipinski definition) is 5. The van der Waals surface area contributed by atoms with E-state index in [2.05, 4.69) is 5.32 Å². The molecule has 0 aliphatic heterocycles. The molecule has 2 amide bonds. The summed E-state index contributed by atoms with van der Waals surface area (Å²) in [5.74, 6) is 0.352. The van der Waals surface area contributed by atoms with Crippen LogP contribution < -0.4 is 14.4 Å². The third-order valence-electron chi connectivity index (χ3n) is 7.04. The van der Waals surface area contributed by atoms with E-state index in [9.17, 15) is 18.0 Å². The van der Waals surface area contributed by atoms with Crippen LogP contribution in [0.1, 0.15) is 63.0 Å². The van der Waals surface area contributed by atoms with Crippen molar-refractivity contribution in [2.24, 2.45) is 0 Å². The fraction of sp³-hybridized carbons (Fsp3) is 0.517. The second-order valence-corrected chi connectivity index (χ2v) is 12.0. The quantitative estimate of drug-likeness (QED) is 0.404. The van der Waals surface area contributed by atoms with Crippen molar-refractivity contribution < 1.29 is 22.7 Å². The molecule has 8 nitrogen and oxygen atoms in total. The smallest absolute Gasteiger partial charge is 0.243 e. The lowest BCUT2D eigenvalue weighted by atomic mass is 10.1. The van der Waals surface area contributed by atoms with Crippen LogP contribution in [0.25, 0.3) is 0 Å². The van der Waals surface area contributed by atoms with Crippen molar-refractivity contribution in [2.45, 2.75) is 77.4 Å². The molecule has 1 atom stereocenters. The molecular weight excluding hydrogens is 502 g/mol.